The average Bonchev–Trinajstić information content (AvgIpc) is 2.50. The van der Waals surface area contributed by atoms with Gasteiger partial charge >= 0.3 is 0 Å². The lowest BCUT2D eigenvalue weighted by Crippen LogP contribution is -2.45. The van der Waals surface area contributed by atoms with E-state index in [1.54, 1.807) is 0 Å². The fourth-order valence-corrected chi connectivity index (χ4v) is 2.43. The molecular formula is C16H26N2O2. The molecule has 2 unspecified atom stereocenters. The third-order valence-corrected chi connectivity index (χ3v) is 3.69. The van der Waals surface area contributed by atoms with Gasteiger partial charge < -0.3 is 19.7 Å². The normalized spacial score (nSPS) is 19.1. The van der Waals surface area contributed by atoms with Crippen molar-refractivity contribution in [1.29, 1.82) is 0 Å². The maximum atomic E-state index is 5.94. The van der Waals surface area contributed by atoms with E-state index >= 15 is 0 Å². The molecule has 2 atom stereocenters. The Hall–Kier alpha value is -1.26. The van der Waals surface area contributed by atoms with Crippen LogP contribution in [-0.2, 0) is 0 Å². The smallest absolute Gasteiger partial charge is 0.161 e. The summed E-state index contributed by atoms with van der Waals surface area (Å²) in [5.74, 6) is 1.70. The Kier molecular flexibility index (Phi) is 5.68. The second-order valence-corrected chi connectivity index (χ2v) is 5.29. The molecule has 4 heteroatoms. The molecule has 20 heavy (non-hydrogen) atoms. The highest BCUT2D eigenvalue weighted by atomic mass is 16.6. The van der Waals surface area contributed by atoms with Gasteiger partial charge in [0.2, 0.25) is 0 Å². The zero-order valence-corrected chi connectivity index (χ0v) is 12.8. The molecule has 1 N–H and O–H groups in total. The van der Waals surface area contributed by atoms with Crippen molar-refractivity contribution < 1.29 is 9.47 Å². The van der Waals surface area contributed by atoms with Crippen molar-refractivity contribution in [2.75, 3.05) is 32.8 Å². The summed E-state index contributed by atoms with van der Waals surface area (Å²) in [6.07, 6.45) is 0.0871. The van der Waals surface area contributed by atoms with Crippen LogP contribution in [0.15, 0.2) is 24.3 Å². The van der Waals surface area contributed by atoms with E-state index in [2.05, 4.69) is 31.0 Å². The number of nitrogens with zero attached hydrogens (tertiary/aromatic N) is 1. The van der Waals surface area contributed by atoms with Crippen LogP contribution in [0, 0.1) is 0 Å². The van der Waals surface area contributed by atoms with E-state index < -0.39 is 0 Å². The van der Waals surface area contributed by atoms with Gasteiger partial charge in [-0.2, -0.15) is 0 Å². The number of fused-ring (bicyclic) bond motifs is 1. The lowest BCUT2D eigenvalue weighted by Gasteiger charge is -2.29. The summed E-state index contributed by atoms with van der Waals surface area (Å²) in [6.45, 7) is 11.3. The van der Waals surface area contributed by atoms with Crippen LogP contribution < -0.4 is 14.8 Å². The van der Waals surface area contributed by atoms with Gasteiger partial charge in [0.1, 0.15) is 12.7 Å². The number of hydrogen-bond donors (Lipinski definition) is 1. The van der Waals surface area contributed by atoms with E-state index in [-0.39, 0.29) is 6.10 Å². The van der Waals surface area contributed by atoms with Crippen LogP contribution in [0.4, 0.5) is 0 Å². The Bertz CT molecular complexity index is 407. The SMILES string of the molecule is CCN(CC)CC(C)NCC1COc2ccccc2O1. The van der Waals surface area contributed by atoms with E-state index in [0.717, 1.165) is 37.7 Å². The fraction of sp³-hybridized carbons (Fsp3) is 0.625. The number of hydrogen-bond acceptors (Lipinski definition) is 4. The molecule has 1 aliphatic rings. The second-order valence-electron chi connectivity index (χ2n) is 5.29. The van der Waals surface area contributed by atoms with Gasteiger partial charge in [-0.15, -0.1) is 0 Å². The summed E-state index contributed by atoms with van der Waals surface area (Å²) < 4.78 is 11.7. The molecule has 0 bridgehead atoms. The van der Waals surface area contributed by atoms with Crippen LogP contribution in [0.5, 0.6) is 11.5 Å². The van der Waals surface area contributed by atoms with E-state index in [4.69, 9.17) is 9.47 Å². The molecule has 0 saturated carbocycles. The standard InChI is InChI=1S/C16H26N2O2/c1-4-18(5-2)11-13(3)17-10-14-12-19-15-8-6-7-9-16(15)20-14/h6-9,13-14,17H,4-5,10-12H2,1-3H3. The average molecular weight is 278 g/mol. The minimum absolute atomic E-state index is 0.0871. The maximum absolute atomic E-state index is 5.94. The van der Waals surface area contributed by atoms with Crippen molar-refractivity contribution in [3.8, 4) is 11.5 Å². The van der Waals surface area contributed by atoms with Crippen LogP contribution in [0.1, 0.15) is 20.8 Å². The quantitative estimate of drug-likeness (QED) is 0.828. The minimum atomic E-state index is 0.0871. The van der Waals surface area contributed by atoms with Gasteiger partial charge in [0.05, 0.1) is 0 Å². The van der Waals surface area contributed by atoms with Gasteiger partial charge in [0.15, 0.2) is 11.5 Å². The highest BCUT2D eigenvalue weighted by molar-refractivity contribution is 5.40. The van der Waals surface area contributed by atoms with Crippen LogP contribution in [-0.4, -0.2) is 49.8 Å². The summed E-state index contributed by atoms with van der Waals surface area (Å²) in [4.78, 5) is 2.42. The van der Waals surface area contributed by atoms with Crippen LogP contribution >= 0.6 is 0 Å². The molecule has 2 rings (SSSR count). The van der Waals surface area contributed by atoms with Crippen molar-refractivity contribution >= 4 is 0 Å². The second kappa shape index (κ2) is 7.50. The number of para-hydroxylation sites is 2. The number of nitrogens with one attached hydrogen (secondary N) is 1. The van der Waals surface area contributed by atoms with Gasteiger partial charge in [-0.25, -0.2) is 0 Å². The van der Waals surface area contributed by atoms with Gasteiger partial charge in [-0.05, 0) is 32.1 Å². The summed E-state index contributed by atoms with van der Waals surface area (Å²) in [5, 5.41) is 3.54. The van der Waals surface area contributed by atoms with E-state index in [1.807, 2.05) is 24.3 Å². The number of rotatable bonds is 7. The predicted molar refractivity (Wildman–Crippen MR) is 81.6 cm³/mol. The largest absolute Gasteiger partial charge is 0.486 e. The van der Waals surface area contributed by atoms with Crippen molar-refractivity contribution in [3.05, 3.63) is 24.3 Å². The number of benzene rings is 1. The van der Waals surface area contributed by atoms with Crippen molar-refractivity contribution in [1.82, 2.24) is 10.2 Å². The third-order valence-electron chi connectivity index (χ3n) is 3.69. The summed E-state index contributed by atoms with van der Waals surface area (Å²) in [5.41, 5.74) is 0. The Labute approximate surface area is 122 Å². The van der Waals surface area contributed by atoms with Crippen LogP contribution in [0.25, 0.3) is 0 Å². The fourth-order valence-electron chi connectivity index (χ4n) is 2.43. The Morgan fingerprint density at radius 2 is 1.95 bits per heavy atom. The molecule has 4 nitrogen and oxygen atoms in total. The molecule has 112 valence electrons. The topological polar surface area (TPSA) is 33.7 Å². The van der Waals surface area contributed by atoms with Gasteiger partial charge in [0, 0.05) is 19.1 Å². The summed E-state index contributed by atoms with van der Waals surface area (Å²) in [7, 11) is 0. The van der Waals surface area contributed by atoms with Gasteiger partial charge in [-0.3, -0.25) is 0 Å². The van der Waals surface area contributed by atoms with Crippen molar-refractivity contribution in [2.24, 2.45) is 0 Å². The lowest BCUT2D eigenvalue weighted by molar-refractivity contribution is 0.0872. The maximum Gasteiger partial charge on any atom is 0.161 e. The molecule has 0 spiro atoms. The Balaban J connectivity index is 1.75. The van der Waals surface area contributed by atoms with Gasteiger partial charge in [0.25, 0.3) is 0 Å². The van der Waals surface area contributed by atoms with Crippen LogP contribution in [0.3, 0.4) is 0 Å². The molecule has 1 aliphatic heterocycles. The molecule has 0 saturated heterocycles. The molecule has 1 aromatic rings. The van der Waals surface area contributed by atoms with E-state index in [1.165, 1.54) is 0 Å². The summed E-state index contributed by atoms with van der Waals surface area (Å²) in [6, 6.07) is 8.30. The molecule has 0 fully saturated rings. The zero-order chi connectivity index (χ0) is 14.4. The molecule has 0 aromatic heterocycles. The summed E-state index contributed by atoms with van der Waals surface area (Å²) >= 11 is 0. The minimum Gasteiger partial charge on any atom is -0.486 e. The van der Waals surface area contributed by atoms with Crippen molar-refractivity contribution in [3.63, 3.8) is 0 Å². The highest BCUT2D eigenvalue weighted by Gasteiger charge is 2.20. The van der Waals surface area contributed by atoms with Crippen LogP contribution in [0.2, 0.25) is 0 Å². The van der Waals surface area contributed by atoms with E-state index in [9.17, 15) is 0 Å². The van der Waals surface area contributed by atoms with Crippen molar-refractivity contribution in [2.45, 2.75) is 32.9 Å². The first-order valence-electron chi connectivity index (χ1n) is 7.57. The Morgan fingerprint density at radius 3 is 2.65 bits per heavy atom. The molecule has 1 heterocycles. The zero-order valence-electron chi connectivity index (χ0n) is 12.8. The first-order chi connectivity index (χ1) is 9.72. The number of likely N-dealkylation sites (N-methyl/N-ethyl adjacent to an activating group) is 1. The monoisotopic (exact) mass is 278 g/mol. The Morgan fingerprint density at radius 1 is 1.25 bits per heavy atom. The highest BCUT2D eigenvalue weighted by Crippen LogP contribution is 2.30. The van der Waals surface area contributed by atoms with E-state index in [0.29, 0.717) is 12.6 Å². The first kappa shape index (κ1) is 15.1. The molecular weight excluding hydrogens is 252 g/mol. The molecule has 0 aliphatic carbocycles. The predicted octanol–water partition coefficient (Wildman–Crippen LogP) is 2.15. The first-order valence-corrected chi connectivity index (χ1v) is 7.57. The number of ether oxygens (including phenoxy) is 2. The molecule has 1 aromatic carbocycles. The lowest BCUT2D eigenvalue weighted by atomic mass is 10.2. The molecule has 0 amide bonds. The van der Waals surface area contributed by atoms with Gasteiger partial charge in [-0.1, -0.05) is 26.0 Å². The molecule has 0 radical (unpaired) electrons. The third kappa shape index (κ3) is 4.12.